The molecular formula is C15H32NNaO4S. The van der Waals surface area contributed by atoms with Gasteiger partial charge in [-0.15, -0.1) is 0 Å². The number of Topliss-reactive ketones (excluding diaryl/α,β-unsaturated/α-hetero) is 1. The summed E-state index contributed by atoms with van der Waals surface area (Å²) in [5, 5.41) is 2.73. The number of hydrogen-bond donors (Lipinski definition) is 2. The molecule has 0 saturated heterocycles. The van der Waals surface area contributed by atoms with Crippen molar-refractivity contribution in [1.82, 2.24) is 5.32 Å². The van der Waals surface area contributed by atoms with Crippen molar-refractivity contribution in [1.29, 1.82) is 0 Å². The van der Waals surface area contributed by atoms with E-state index in [1.54, 1.807) is 0 Å². The predicted octanol–water partition coefficient (Wildman–Crippen LogP) is 2.31. The molecule has 0 aliphatic heterocycles. The Balaban J connectivity index is 0. The van der Waals surface area contributed by atoms with Gasteiger partial charge in [0.25, 0.3) is 10.1 Å². The van der Waals surface area contributed by atoms with Crippen LogP contribution in [0, 0.1) is 0 Å². The van der Waals surface area contributed by atoms with Crippen molar-refractivity contribution < 1.29 is 17.8 Å². The molecule has 0 unspecified atom stereocenters. The molecule has 0 bridgehead atoms. The Kier molecular flexibility index (Phi) is 18.5. The van der Waals surface area contributed by atoms with Gasteiger partial charge in [0.2, 0.25) is 0 Å². The zero-order chi connectivity index (χ0) is 16.0. The van der Waals surface area contributed by atoms with Crippen LogP contribution in [-0.4, -0.2) is 67.2 Å². The Morgan fingerprint density at radius 3 is 1.95 bits per heavy atom. The van der Waals surface area contributed by atoms with E-state index in [4.69, 9.17) is 4.55 Å². The standard InChI is InChI=1S/C15H31NO4S.Na.H/c1-2-3-4-5-6-7-8-9-10-11-15(17)14-16-12-13-21(18,19)20;;/h16H,2-14H2,1H3,(H,18,19,20);;. The summed E-state index contributed by atoms with van der Waals surface area (Å²) in [5.74, 6) is -0.244. The number of rotatable bonds is 15. The number of carbonyl (C=O) groups excluding carboxylic acids is 1. The molecule has 0 saturated carbocycles. The zero-order valence-corrected chi connectivity index (χ0v) is 14.1. The van der Waals surface area contributed by atoms with Crippen LogP contribution >= 0.6 is 0 Å². The van der Waals surface area contributed by atoms with E-state index in [1.165, 1.54) is 44.9 Å². The van der Waals surface area contributed by atoms with Crippen molar-refractivity contribution in [2.45, 2.75) is 71.1 Å². The van der Waals surface area contributed by atoms with Crippen LogP contribution in [0.25, 0.3) is 0 Å². The quantitative estimate of drug-likeness (QED) is 0.270. The van der Waals surface area contributed by atoms with Crippen molar-refractivity contribution in [2.75, 3.05) is 18.8 Å². The van der Waals surface area contributed by atoms with Crippen LogP contribution in [0.15, 0.2) is 0 Å². The van der Waals surface area contributed by atoms with E-state index in [1.807, 2.05) is 0 Å². The van der Waals surface area contributed by atoms with E-state index >= 15 is 0 Å². The SMILES string of the molecule is CCCCCCCCCCCC(=O)CNCCS(=O)(=O)O.[NaH]. The van der Waals surface area contributed by atoms with Crippen LogP contribution < -0.4 is 5.32 Å². The van der Waals surface area contributed by atoms with Gasteiger partial charge in [-0.25, -0.2) is 0 Å². The van der Waals surface area contributed by atoms with Crippen LogP contribution in [0.5, 0.6) is 0 Å². The number of hydrogen-bond acceptors (Lipinski definition) is 4. The van der Waals surface area contributed by atoms with E-state index in [9.17, 15) is 13.2 Å². The molecule has 0 aliphatic rings. The summed E-state index contributed by atoms with van der Waals surface area (Å²) in [6.45, 7) is 2.52. The summed E-state index contributed by atoms with van der Waals surface area (Å²) in [5.41, 5.74) is 0. The Hall–Kier alpha value is 0.540. The van der Waals surface area contributed by atoms with E-state index in [2.05, 4.69) is 12.2 Å². The molecule has 0 radical (unpaired) electrons. The van der Waals surface area contributed by atoms with Gasteiger partial charge in [0, 0.05) is 13.0 Å². The van der Waals surface area contributed by atoms with Gasteiger partial charge in [-0.3, -0.25) is 9.35 Å². The van der Waals surface area contributed by atoms with Gasteiger partial charge in [-0.1, -0.05) is 58.3 Å². The molecule has 0 spiro atoms. The molecule has 22 heavy (non-hydrogen) atoms. The molecule has 5 nitrogen and oxygen atoms in total. The normalized spacial score (nSPS) is 11.2. The monoisotopic (exact) mass is 345 g/mol. The topological polar surface area (TPSA) is 83.5 Å². The molecule has 128 valence electrons. The van der Waals surface area contributed by atoms with Crippen LogP contribution in [0.3, 0.4) is 0 Å². The summed E-state index contributed by atoms with van der Waals surface area (Å²) in [6.07, 6.45) is 11.6. The fourth-order valence-electron chi connectivity index (χ4n) is 2.15. The van der Waals surface area contributed by atoms with Crippen LogP contribution in [0.2, 0.25) is 0 Å². The van der Waals surface area contributed by atoms with E-state index in [0.717, 1.165) is 12.8 Å². The molecule has 0 rings (SSSR count). The maximum atomic E-state index is 11.5. The second-order valence-electron chi connectivity index (χ2n) is 5.58. The molecule has 0 heterocycles. The maximum absolute atomic E-state index is 11.5. The van der Waals surface area contributed by atoms with E-state index < -0.39 is 10.1 Å². The Morgan fingerprint density at radius 2 is 1.45 bits per heavy atom. The molecule has 0 aliphatic carbocycles. The minimum atomic E-state index is -3.93. The minimum absolute atomic E-state index is 0. The first-order valence-electron chi connectivity index (χ1n) is 8.13. The predicted molar refractivity (Wildman–Crippen MR) is 93.3 cm³/mol. The number of carbonyl (C=O) groups is 1. The van der Waals surface area contributed by atoms with Gasteiger partial charge >= 0.3 is 29.6 Å². The van der Waals surface area contributed by atoms with Crippen molar-refractivity contribution in [3.63, 3.8) is 0 Å². The van der Waals surface area contributed by atoms with E-state index in [-0.39, 0.29) is 54.2 Å². The Bertz CT molecular complexity index is 361. The molecule has 0 aromatic carbocycles. The van der Waals surface area contributed by atoms with Crippen LogP contribution in [0.1, 0.15) is 71.1 Å². The summed E-state index contributed by atoms with van der Waals surface area (Å²) in [4.78, 5) is 11.5. The van der Waals surface area contributed by atoms with Crippen molar-refractivity contribution in [3.8, 4) is 0 Å². The third-order valence-electron chi connectivity index (χ3n) is 3.42. The molecule has 0 fully saturated rings. The van der Waals surface area contributed by atoms with Gasteiger partial charge in [-0.2, -0.15) is 8.42 Å². The van der Waals surface area contributed by atoms with Crippen molar-refractivity contribution in [3.05, 3.63) is 0 Å². The molecule has 2 N–H and O–H groups in total. The van der Waals surface area contributed by atoms with Gasteiger partial charge in [0.15, 0.2) is 0 Å². The summed E-state index contributed by atoms with van der Waals surface area (Å²) in [6, 6.07) is 0. The van der Waals surface area contributed by atoms with E-state index in [0.29, 0.717) is 6.42 Å². The average Bonchev–Trinajstić information content (AvgIpc) is 2.41. The molecule has 0 aromatic rings. The molecule has 0 amide bonds. The summed E-state index contributed by atoms with van der Waals surface area (Å²) in [7, 11) is -3.93. The average molecular weight is 345 g/mol. The number of nitrogens with one attached hydrogen (secondary N) is 1. The fraction of sp³-hybridized carbons (Fsp3) is 0.933. The zero-order valence-electron chi connectivity index (χ0n) is 13.3. The molecule has 7 heteroatoms. The second-order valence-corrected chi connectivity index (χ2v) is 7.15. The van der Waals surface area contributed by atoms with Crippen LogP contribution in [-0.2, 0) is 14.9 Å². The first-order valence-corrected chi connectivity index (χ1v) is 9.74. The van der Waals surface area contributed by atoms with Crippen molar-refractivity contribution in [2.24, 2.45) is 0 Å². The van der Waals surface area contributed by atoms with Gasteiger partial charge in [-0.05, 0) is 6.42 Å². The number of ketones is 1. The molecular weight excluding hydrogens is 313 g/mol. The third kappa shape index (κ3) is 20.5. The Labute approximate surface area is 158 Å². The Morgan fingerprint density at radius 1 is 0.955 bits per heavy atom. The van der Waals surface area contributed by atoms with Crippen molar-refractivity contribution >= 4 is 45.5 Å². The van der Waals surface area contributed by atoms with Crippen LogP contribution in [0.4, 0.5) is 0 Å². The number of unbranched alkanes of at least 4 members (excludes halogenated alkanes) is 8. The van der Waals surface area contributed by atoms with Gasteiger partial charge < -0.3 is 5.32 Å². The molecule has 0 aromatic heterocycles. The van der Waals surface area contributed by atoms with Gasteiger partial charge in [0.1, 0.15) is 5.78 Å². The third-order valence-corrected chi connectivity index (χ3v) is 4.14. The first kappa shape index (κ1) is 24.8. The molecule has 0 atom stereocenters. The second kappa shape index (κ2) is 16.4. The fourth-order valence-corrected chi connectivity index (χ4v) is 2.55. The van der Waals surface area contributed by atoms with Gasteiger partial charge in [0.05, 0.1) is 12.3 Å². The summed E-state index contributed by atoms with van der Waals surface area (Å²) >= 11 is 0. The summed E-state index contributed by atoms with van der Waals surface area (Å²) < 4.78 is 29.4. The first-order chi connectivity index (χ1) is 9.95.